The Morgan fingerprint density at radius 1 is 0.846 bits per heavy atom. The van der Waals surface area contributed by atoms with Gasteiger partial charge in [0.05, 0.1) is 17.4 Å². The quantitative estimate of drug-likeness (QED) is 0.213. The van der Waals surface area contributed by atoms with Gasteiger partial charge in [0.1, 0.15) is 5.82 Å². The summed E-state index contributed by atoms with van der Waals surface area (Å²) in [6.07, 6.45) is 2.87. The highest BCUT2D eigenvalue weighted by atomic mass is 19.1. The zero-order valence-corrected chi connectivity index (χ0v) is 21.5. The van der Waals surface area contributed by atoms with Crippen molar-refractivity contribution < 1.29 is 19.1 Å². The largest absolute Gasteiger partial charge is 0.393 e. The molecule has 5 N–H and O–H groups in total. The van der Waals surface area contributed by atoms with Gasteiger partial charge in [0.15, 0.2) is 0 Å². The molecular weight excluding hydrogens is 497 g/mol. The highest BCUT2D eigenvalue weighted by Crippen LogP contribution is 2.25. The van der Waals surface area contributed by atoms with E-state index in [4.69, 9.17) is 0 Å². The van der Waals surface area contributed by atoms with Crippen LogP contribution in [0.25, 0.3) is 0 Å². The van der Waals surface area contributed by atoms with Crippen molar-refractivity contribution in [2.24, 2.45) is 0 Å². The molecule has 1 aliphatic heterocycles. The molecule has 1 saturated heterocycles. The summed E-state index contributed by atoms with van der Waals surface area (Å²) in [4.78, 5) is 30.2. The molecule has 9 heteroatoms. The number of amides is 2. The molecule has 39 heavy (non-hydrogen) atoms. The zero-order chi connectivity index (χ0) is 27.4. The van der Waals surface area contributed by atoms with Crippen LogP contribution in [0.4, 0.5) is 32.8 Å². The number of nitrogens with one attached hydrogen (secondary N) is 4. The number of aryl methyl sites for hydroxylation is 1. The Bertz CT molecular complexity index is 1460. The first-order valence-electron chi connectivity index (χ1n) is 12.8. The second kappa shape index (κ2) is 11.4. The van der Waals surface area contributed by atoms with Gasteiger partial charge < -0.3 is 30.9 Å². The number of rotatable bonds is 7. The molecule has 4 aromatic rings. The number of carbonyl (C=O) groups is 2. The number of aliphatic hydroxyl groups is 1. The smallest absolute Gasteiger partial charge is 0.257 e. The molecule has 1 fully saturated rings. The third-order valence-corrected chi connectivity index (χ3v) is 6.70. The summed E-state index contributed by atoms with van der Waals surface area (Å²) < 4.78 is 14.8. The average molecular weight is 528 g/mol. The number of carbonyl (C=O) groups excluding carboxylic acids is 2. The van der Waals surface area contributed by atoms with E-state index < -0.39 is 5.82 Å². The minimum Gasteiger partial charge on any atom is -0.393 e. The lowest BCUT2D eigenvalue weighted by Gasteiger charge is -2.31. The number of benzene rings is 3. The third-order valence-electron chi connectivity index (χ3n) is 6.70. The van der Waals surface area contributed by atoms with Crippen LogP contribution in [0.2, 0.25) is 0 Å². The number of hydrogen-bond acceptors (Lipinski definition) is 5. The standard InChI is InChI=1S/C30H30FN5O3/c1-19-16-21(18-32-19)30(39)34-23-6-4-22(5-7-23)33-28-11-8-24(17-27(28)31)35-29(38)20-2-9-25(10-3-20)36-14-12-26(37)13-15-36/h2-11,16-18,26,32-33,37H,12-15H2,1H3,(H,34,39)(H,35,38). The second-order valence-corrected chi connectivity index (χ2v) is 9.64. The van der Waals surface area contributed by atoms with Crippen molar-refractivity contribution in [1.82, 2.24) is 4.98 Å². The zero-order valence-electron chi connectivity index (χ0n) is 21.5. The maximum absolute atomic E-state index is 14.8. The van der Waals surface area contributed by atoms with Crippen molar-refractivity contribution in [2.45, 2.75) is 25.9 Å². The van der Waals surface area contributed by atoms with Crippen molar-refractivity contribution in [3.05, 3.63) is 102 Å². The fourth-order valence-electron chi connectivity index (χ4n) is 4.48. The first-order chi connectivity index (χ1) is 18.8. The van der Waals surface area contributed by atoms with E-state index in [9.17, 15) is 19.1 Å². The van der Waals surface area contributed by atoms with Crippen LogP contribution in [-0.2, 0) is 0 Å². The molecule has 0 bridgehead atoms. The lowest BCUT2D eigenvalue weighted by molar-refractivity contribution is 0.101. The number of nitrogens with zero attached hydrogens (tertiary/aromatic N) is 1. The third kappa shape index (κ3) is 6.45. The molecule has 0 atom stereocenters. The summed E-state index contributed by atoms with van der Waals surface area (Å²) >= 11 is 0. The highest BCUT2D eigenvalue weighted by molar-refractivity contribution is 6.05. The van der Waals surface area contributed by atoms with Crippen LogP contribution in [0.15, 0.2) is 79.0 Å². The van der Waals surface area contributed by atoms with Gasteiger partial charge in [0, 0.05) is 53.3 Å². The average Bonchev–Trinajstić information content (AvgIpc) is 3.38. The predicted molar refractivity (Wildman–Crippen MR) is 151 cm³/mol. The number of H-pyrrole nitrogens is 1. The number of aromatic amines is 1. The van der Waals surface area contributed by atoms with Gasteiger partial charge in [0.25, 0.3) is 11.8 Å². The normalized spacial score (nSPS) is 13.7. The number of halogens is 1. The first-order valence-corrected chi connectivity index (χ1v) is 12.8. The molecule has 0 unspecified atom stereocenters. The fourth-order valence-corrected chi connectivity index (χ4v) is 4.48. The van der Waals surface area contributed by atoms with Crippen molar-refractivity contribution in [1.29, 1.82) is 0 Å². The summed E-state index contributed by atoms with van der Waals surface area (Å²) in [5, 5.41) is 18.3. The van der Waals surface area contributed by atoms with Crippen LogP contribution in [0.1, 0.15) is 39.3 Å². The summed E-state index contributed by atoms with van der Waals surface area (Å²) in [6, 6.07) is 20.4. The van der Waals surface area contributed by atoms with Crippen molar-refractivity contribution >= 4 is 40.3 Å². The molecule has 0 radical (unpaired) electrons. The van der Waals surface area contributed by atoms with Gasteiger partial charge in [-0.3, -0.25) is 9.59 Å². The number of piperidine rings is 1. The SMILES string of the molecule is Cc1cc(C(=O)Nc2ccc(Nc3ccc(NC(=O)c4ccc(N5CCC(O)CC5)cc4)cc3F)cc2)c[nH]1. The molecule has 200 valence electrons. The minimum atomic E-state index is -0.518. The first kappa shape index (κ1) is 26.0. The Kier molecular flexibility index (Phi) is 7.60. The van der Waals surface area contributed by atoms with Gasteiger partial charge in [-0.05, 0) is 92.6 Å². The van der Waals surface area contributed by atoms with Gasteiger partial charge in [-0.25, -0.2) is 4.39 Å². The summed E-state index contributed by atoms with van der Waals surface area (Å²) in [7, 11) is 0. The minimum absolute atomic E-state index is 0.220. The summed E-state index contributed by atoms with van der Waals surface area (Å²) in [5.74, 6) is -1.07. The van der Waals surface area contributed by atoms with E-state index in [1.165, 1.54) is 6.07 Å². The van der Waals surface area contributed by atoms with Crippen LogP contribution in [-0.4, -0.2) is 41.1 Å². The molecule has 0 spiro atoms. The monoisotopic (exact) mass is 527 g/mol. The lowest BCUT2D eigenvalue weighted by Crippen LogP contribution is -2.35. The molecule has 0 saturated carbocycles. The number of hydrogen-bond donors (Lipinski definition) is 5. The molecule has 5 rings (SSSR count). The number of aromatic nitrogens is 1. The van der Waals surface area contributed by atoms with Crippen LogP contribution in [0.3, 0.4) is 0 Å². The molecule has 8 nitrogen and oxygen atoms in total. The Balaban J connectivity index is 1.16. The van der Waals surface area contributed by atoms with Crippen LogP contribution in [0.5, 0.6) is 0 Å². The van der Waals surface area contributed by atoms with Gasteiger partial charge in [-0.15, -0.1) is 0 Å². The van der Waals surface area contributed by atoms with Gasteiger partial charge in [-0.2, -0.15) is 0 Å². The fraction of sp³-hybridized carbons (Fsp3) is 0.200. The Labute approximate surface area is 225 Å². The molecule has 0 aliphatic carbocycles. The van der Waals surface area contributed by atoms with E-state index in [2.05, 4.69) is 25.8 Å². The lowest BCUT2D eigenvalue weighted by atomic mass is 10.1. The maximum Gasteiger partial charge on any atom is 0.257 e. The molecule has 1 aromatic heterocycles. The molecule has 3 aromatic carbocycles. The van der Waals surface area contributed by atoms with Crippen LogP contribution in [0, 0.1) is 12.7 Å². The molecule has 2 heterocycles. The van der Waals surface area contributed by atoms with Gasteiger partial charge in [0.2, 0.25) is 0 Å². The van der Waals surface area contributed by atoms with E-state index in [1.54, 1.807) is 60.8 Å². The highest BCUT2D eigenvalue weighted by Gasteiger charge is 2.18. The summed E-state index contributed by atoms with van der Waals surface area (Å²) in [6.45, 7) is 3.43. The van der Waals surface area contributed by atoms with Gasteiger partial charge >= 0.3 is 0 Å². The summed E-state index contributed by atoms with van der Waals surface area (Å²) in [5.41, 5.74) is 4.77. The molecule has 2 amide bonds. The van der Waals surface area contributed by atoms with E-state index >= 15 is 0 Å². The second-order valence-electron chi connectivity index (χ2n) is 9.64. The van der Waals surface area contributed by atoms with Crippen molar-refractivity contribution in [3.63, 3.8) is 0 Å². The van der Waals surface area contributed by atoms with E-state index in [-0.39, 0.29) is 23.6 Å². The number of anilines is 5. The predicted octanol–water partition coefficient (Wildman–Crippen LogP) is 5.67. The van der Waals surface area contributed by atoms with E-state index in [0.29, 0.717) is 28.2 Å². The van der Waals surface area contributed by atoms with Gasteiger partial charge in [-0.1, -0.05) is 0 Å². The Morgan fingerprint density at radius 2 is 1.46 bits per heavy atom. The van der Waals surface area contributed by atoms with Crippen LogP contribution >= 0.6 is 0 Å². The van der Waals surface area contributed by atoms with Crippen molar-refractivity contribution in [3.8, 4) is 0 Å². The van der Waals surface area contributed by atoms with E-state index in [1.807, 2.05) is 19.1 Å². The topological polar surface area (TPSA) is 109 Å². The Hall–Kier alpha value is -4.63. The molecule has 1 aliphatic rings. The van der Waals surface area contributed by atoms with Crippen LogP contribution < -0.4 is 20.9 Å². The molecular formula is C30H30FN5O3. The van der Waals surface area contributed by atoms with Crippen molar-refractivity contribution in [2.75, 3.05) is 33.9 Å². The number of aliphatic hydroxyl groups excluding tert-OH is 1. The maximum atomic E-state index is 14.8. The Morgan fingerprint density at radius 3 is 2.10 bits per heavy atom. The van der Waals surface area contributed by atoms with E-state index in [0.717, 1.165) is 37.3 Å².